The van der Waals surface area contributed by atoms with Crippen molar-refractivity contribution in [2.24, 2.45) is 10.7 Å². The number of rotatable bonds is 1. The van der Waals surface area contributed by atoms with Crippen LogP contribution < -0.4 is 11.1 Å². The zero-order valence-electron chi connectivity index (χ0n) is 7.40. The van der Waals surface area contributed by atoms with E-state index in [9.17, 15) is 0 Å². The van der Waals surface area contributed by atoms with E-state index in [1.54, 1.807) is 0 Å². The Kier molecular flexibility index (Phi) is 2.27. The maximum absolute atomic E-state index is 5.71. The molecule has 1 aromatic carbocycles. The Hall–Kier alpha value is -1.35. The van der Waals surface area contributed by atoms with Crippen molar-refractivity contribution in [1.29, 1.82) is 0 Å². The Morgan fingerprint density at radius 1 is 1.31 bits per heavy atom. The van der Waals surface area contributed by atoms with Crippen molar-refractivity contribution in [3.05, 3.63) is 35.9 Å². The van der Waals surface area contributed by atoms with Crippen molar-refractivity contribution in [2.45, 2.75) is 6.04 Å². The van der Waals surface area contributed by atoms with Crippen LogP contribution in [0.15, 0.2) is 35.3 Å². The summed E-state index contributed by atoms with van der Waals surface area (Å²) in [5.41, 5.74) is 6.84. The molecule has 0 saturated carbocycles. The van der Waals surface area contributed by atoms with Crippen LogP contribution >= 0.6 is 0 Å². The predicted octanol–water partition coefficient (Wildman–Crippen LogP) is 0.364. The van der Waals surface area contributed by atoms with E-state index in [1.165, 1.54) is 0 Å². The van der Waals surface area contributed by atoms with Crippen molar-refractivity contribution >= 4 is 5.84 Å². The lowest BCUT2D eigenvalue weighted by molar-refractivity contribution is 0.628. The van der Waals surface area contributed by atoms with Gasteiger partial charge in [-0.3, -0.25) is 4.99 Å². The molecule has 2 rings (SSSR count). The first-order valence-electron chi connectivity index (χ1n) is 4.45. The lowest BCUT2D eigenvalue weighted by Gasteiger charge is -2.19. The number of amidine groups is 1. The summed E-state index contributed by atoms with van der Waals surface area (Å²) in [4.78, 5) is 4.36. The quantitative estimate of drug-likeness (QED) is 0.647. The van der Waals surface area contributed by atoms with Gasteiger partial charge in [-0.2, -0.15) is 0 Å². The van der Waals surface area contributed by atoms with E-state index in [0.717, 1.165) is 24.5 Å². The molecule has 1 aromatic rings. The summed E-state index contributed by atoms with van der Waals surface area (Å²) >= 11 is 0. The van der Waals surface area contributed by atoms with Gasteiger partial charge in [-0.15, -0.1) is 0 Å². The molecule has 1 aliphatic heterocycles. The topological polar surface area (TPSA) is 50.4 Å². The van der Waals surface area contributed by atoms with Crippen LogP contribution in [0.2, 0.25) is 0 Å². The molecule has 0 fully saturated rings. The first-order valence-corrected chi connectivity index (χ1v) is 4.45. The van der Waals surface area contributed by atoms with Gasteiger partial charge in [-0.25, -0.2) is 0 Å². The van der Waals surface area contributed by atoms with Crippen LogP contribution in [0.1, 0.15) is 5.56 Å². The molecule has 3 heteroatoms. The molecule has 3 N–H and O–H groups in total. The van der Waals surface area contributed by atoms with Gasteiger partial charge in [0.15, 0.2) is 0 Å². The van der Waals surface area contributed by atoms with E-state index in [4.69, 9.17) is 5.73 Å². The molecular formula is C10H13N3. The molecule has 0 bridgehead atoms. The number of hydrogen-bond acceptors (Lipinski definition) is 3. The third kappa shape index (κ3) is 1.87. The normalized spacial score (nSPS) is 21.9. The van der Waals surface area contributed by atoms with Gasteiger partial charge >= 0.3 is 0 Å². The molecule has 1 unspecified atom stereocenters. The summed E-state index contributed by atoms with van der Waals surface area (Å²) in [6.45, 7) is 1.53. The van der Waals surface area contributed by atoms with Gasteiger partial charge < -0.3 is 11.1 Å². The minimum Gasteiger partial charge on any atom is -0.368 e. The van der Waals surface area contributed by atoms with E-state index in [1.807, 2.05) is 30.3 Å². The van der Waals surface area contributed by atoms with Crippen molar-refractivity contribution in [3.8, 4) is 0 Å². The Labute approximate surface area is 77.7 Å². The largest absolute Gasteiger partial charge is 0.368 e. The highest BCUT2D eigenvalue weighted by Crippen LogP contribution is 2.02. The van der Waals surface area contributed by atoms with E-state index >= 15 is 0 Å². The zero-order valence-corrected chi connectivity index (χ0v) is 7.40. The number of aliphatic imine (C=N–C) groups is 1. The summed E-state index contributed by atoms with van der Waals surface area (Å²) in [7, 11) is 0. The molecule has 0 aliphatic carbocycles. The standard InChI is InChI=1S/C10H13N3/c11-9-6-12-10(13-7-9)8-4-2-1-3-5-8/h1-5,9H,6-7,11H2,(H,12,13). The molecule has 1 heterocycles. The van der Waals surface area contributed by atoms with Gasteiger partial charge in [-0.05, 0) is 0 Å². The molecule has 1 aliphatic rings. The van der Waals surface area contributed by atoms with Crippen molar-refractivity contribution < 1.29 is 0 Å². The van der Waals surface area contributed by atoms with Crippen molar-refractivity contribution in [2.75, 3.05) is 13.1 Å². The van der Waals surface area contributed by atoms with Gasteiger partial charge in [0.25, 0.3) is 0 Å². The summed E-state index contributed by atoms with van der Waals surface area (Å²) in [6.07, 6.45) is 0. The van der Waals surface area contributed by atoms with Crippen LogP contribution in [-0.4, -0.2) is 25.0 Å². The average molecular weight is 175 g/mol. The SMILES string of the molecule is NC1CN=C(c2ccccc2)NC1. The lowest BCUT2D eigenvalue weighted by Crippen LogP contribution is -2.44. The molecule has 1 atom stereocenters. The average Bonchev–Trinajstić information content (AvgIpc) is 2.20. The second-order valence-electron chi connectivity index (χ2n) is 3.20. The molecule has 0 saturated heterocycles. The van der Waals surface area contributed by atoms with Crippen LogP contribution in [-0.2, 0) is 0 Å². The highest BCUT2D eigenvalue weighted by Gasteiger charge is 2.11. The van der Waals surface area contributed by atoms with Gasteiger partial charge in [0.1, 0.15) is 5.84 Å². The van der Waals surface area contributed by atoms with Crippen molar-refractivity contribution in [1.82, 2.24) is 5.32 Å². The molecule has 3 nitrogen and oxygen atoms in total. The smallest absolute Gasteiger partial charge is 0.128 e. The van der Waals surface area contributed by atoms with E-state index in [0.29, 0.717) is 0 Å². The minimum atomic E-state index is 0.160. The number of nitrogens with zero attached hydrogens (tertiary/aromatic N) is 1. The number of hydrogen-bond donors (Lipinski definition) is 2. The summed E-state index contributed by atoms with van der Waals surface area (Å²) < 4.78 is 0. The highest BCUT2D eigenvalue weighted by atomic mass is 15.1. The van der Waals surface area contributed by atoms with Crippen molar-refractivity contribution in [3.63, 3.8) is 0 Å². The van der Waals surface area contributed by atoms with Crippen LogP contribution in [0.4, 0.5) is 0 Å². The minimum absolute atomic E-state index is 0.160. The molecule has 0 radical (unpaired) electrons. The lowest BCUT2D eigenvalue weighted by atomic mass is 10.1. The number of benzene rings is 1. The van der Waals surface area contributed by atoms with Crippen LogP contribution in [0.25, 0.3) is 0 Å². The zero-order chi connectivity index (χ0) is 9.10. The van der Waals surface area contributed by atoms with Gasteiger partial charge in [0.05, 0.1) is 6.54 Å². The molecule has 68 valence electrons. The maximum Gasteiger partial charge on any atom is 0.128 e. The molecule has 0 amide bonds. The predicted molar refractivity (Wildman–Crippen MR) is 53.8 cm³/mol. The number of nitrogens with one attached hydrogen (secondary N) is 1. The van der Waals surface area contributed by atoms with Gasteiger partial charge in [0, 0.05) is 18.2 Å². The van der Waals surface area contributed by atoms with E-state index in [2.05, 4.69) is 10.3 Å². The Bertz CT molecular complexity index is 305. The van der Waals surface area contributed by atoms with Crippen LogP contribution in [0.5, 0.6) is 0 Å². The molecule has 0 spiro atoms. The first kappa shape index (κ1) is 8.26. The Morgan fingerprint density at radius 2 is 2.08 bits per heavy atom. The van der Waals surface area contributed by atoms with Crippen LogP contribution in [0, 0.1) is 0 Å². The monoisotopic (exact) mass is 175 g/mol. The second-order valence-corrected chi connectivity index (χ2v) is 3.20. The fourth-order valence-electron chi connectivity index (χ4n) is 1.35. The molecule has 0 aromatic heterocycles. The van der Waals surface area contributed by atoms with Crippen LogP contribution in [0.3, 0.4) is 0 Å². The van der Waals surface area contributed by atoms with Gasteiger partial charge in [-0.1, -0.05) is 30.3 Å². The summed E-state index contributed by atoms with van der Waals surface area (Å²) in [5.74, 6) is 0.960. The Balaban J connectivity index is 2.19. The second kappa shape index (κ2) is 3.58. The summed E-state index contributed by atoms with van der Waals surface area (Å²) in [5, 5.41) is 3.21. The third-order valence-corrected chi connectivity index (χ3v) is 2.06. The third-order valence-electron chi connectivity index (χ3n) is 2.06. The molecular weight excluding hydrogens is 162 g/mol. The first-order chi connectivity index (χ1) is 6.36. The van der Waals surface area contributed by atoms with E-state index in [-0.39, 0.29) is 6.04 Å². The fraction of sp³-hybridized carbons (Fsp3) is 0.300. The highest BCUT2D eigenvalue weighted by molar-refractivity contribution is 5.99. The fourth-order valence-corrected chi connectivity index (χ4v) is 1.35. The molecule has 13 heavy (non-hydrogen) atoms. The number of nitrogens with two attached hydrogens (primary N) is 1. The van der Waals surface area contributed by atoms with E-state index < -0.39 is 0 Å². The summed E-state index contributed by atoms with van der Waals surface area (Å²) in [6, 6.07) is 10.3. The Morgan fingerprint density at radius 3 is 2.69 bits per heavy atom. The van der Waals surface area contributed by atoms with Gasteiger partial charge in [0.2, 0.25) is 0 Å². The maximum atomic E-state index is 5.71.